The van der Waals surface area contributed by atoms with Crippen LogP contribution in [0.2, 0.25) is 0 Å². The topological polar surface area (TPSA) is 36.9 Å². The minimum absolute atomic E-state index is 0.460. The molecule has 0 aromatic heterocycles. The van der Waals surface area contributed by atoms with Crippen LogP contribution < -0.4 is 9.47 Å². The number of hydrogen-bond donors (Lipinski definition) is 0. The lowest BCUT2D eigenvalue weighted by atomic mass is 9.67. The van der Waals surface area contributed by atoms with Crippen LogP contribution in [0.4, 0.5) is 0 Å². The Morgan fingerprint density at radius 3 is 1.44 bits per heavy atom. The number of aryl methyl sites for hydroxylation is 2. The van der Waals surface area contributed by atoms with E-state index in [1.807, 2.05) is 0 Å². The van der Waals surface area contributed by atoms with Crippen molar-refractivity contribution in [3.8, 4) is 22.6 Å². The van der Waals surface area contributed by atoms with Gasteiger partial charge >= 0.3 is 0 Å². The van der Waals surface area contributed by atoms with Gasteiger partial charge in [0.2, 0.25) is 0 Å². The van der Waals surface area contributed by atoms with Crippen molar-refractivity contribution < 1.29 is 18.9 Å². The molecule has 0 atom stereocenters. The summed E-state index contributed by atoms with van der Waals surface area (Å²) in [6.45, 7) is 13.2. The molecule has 4 nitrogen and oxygen atoms in total. The van der Waals surface area contributed by atoms with E-state index in [0.29, 0.717) is 26.4 Å². The first-order valence-corrected chi connectivity index (χ1v) is 13.2. The van der Waals surface area contributed by atoms with Gasteiger partial charge in [-0.3, -0.25) is 0 Å². The van der Waals surface area contributed by atoms with E-state index in [1.54, 1.807) is 0 Å². The monoisotopic (exact) mass is 518 g/mol. The van der Waals surface area contributed by atoms with E-state index < -0.39 is 5.41 Å². The molecule has 4 aromatic rings. The molecule has 0 amide bonds. The molecule has 0 heterocycles. The van der Waals surface area contributed by atoms with Gasteiger partial charge in [-0.2, -0.15) is 0 Å². The predicted molar refractivity (Wildman–Crippen MR) is 157 cm³/mol. The summed E-state index contributed by atoms with van der Waals surface area (Å²) >= 11 is 0. The summed E-state index contributed by atoms with van der Waals surface area (Å²) in [5.74, 6) is 1.70. The average molecular weight is 519 g/mol. The lowest BCUT2D eigenvalue weighted by molar-refractivity contribution is 0.179. The van der Waals surface area contributed by atoms with Crippen LogP contribution in [0, 0.1) is 13.8 Å². The normalized spacial score (nSPS) is 12.7. The highest BCUT2D eigenvalue weighted by Crippen LogP contribution is 2.56. The van der Waals surface area contributed by atoms with Crippen molar-refractivity contribution in [1.82, 2.24) is 0 Å². The quantitative estimate of drug-likeness (QED) is 0.125. The molecule has 0 unspecified atom stereocenters. The maximum atomic E-state index is 6.02. The van der Waals surface area contributed by atoms with Crippen LogP contribution in [-0.4, -0.2) is 26.4 Å². The van der Waals surface area contributed by atoms with Crippen LogP contribution in [0.1, 0.15) is 33.4 Å². The van der Waals surface area contributed by atoms with Gasteiger partial charge in [-0.25, -0.2) is 0 Å². The van der Waals surface area contributed by atoms with Gasteiger partial charge in [0.25, 0.3) is 0 Å². The van der Waals surface area contributed by atoms with Crippen molar-refractivity contribution in [2.24, 2.45) is 0 Å². The predicted octanol–water partition coefficient (Wildman–Crippen LogP) is 7.74. The Hall–Kier alpha value is -4.44. The molecule has 1 aliphatic carbocycles. The zero-order valence-electron chi connectivity index (χ0n) is 22.6. The number of ether oxygens (including phenoxy) is 4. The number of hydrogen-bond acceptors (Lipinski definition) is 4. The Bertz CT molecular complexity index is 1370. The Balaban J connectivity index is 1.65. The molecule has 39 heavy (non-hydrogen) atoms. The molecule has 5 rings (SSSR count). The molecule has 0 aliphatic heterocycles. The van der Waals surface area contributed by atoms with Crippen LogP contribution >= 0.6 is 0 Å². The second-order valence-corrected chi connectivity index (χ2v) is 9.57. The van der Waals surface area contributed by atoms with Crippen LogP contribution in [0.3, 0.4) is 0 Å². The van der Waals surface area contributed by atoms with Crippen molar-refractivity contribution in [2.75, 3.05) is 26.4 Å². The average Bonchev–Trinajstić information content (AvgIpc) is 3.26. The van der Waals surface area contributed by atoms with E-state index in [4.69, 9.17) is 18.9 Å². The fourth-order valence-corrected chi connectivity index (χ4v) is 5.68. The third-order valence-electron chi connectivity index (χ3n) is 7.32. The van der Waals surface area contributed by atoms with Gasteiger partial charge in [0.05, 0.1) is 17.9 Å². The molecule has 0 N–H and O–H groups in total. The third-order valence-corrected chi connectivity index (χ3v) is 7.32. The molecule has 0 saturated heterocycles. The largest absolute Gasteiger partial charge is 0.498 e. The molecular formula is C35H34O4. The first kappa shape index (κ1) is 26.2. The molecule has 0 bridgehead atoms. The maximum Gasteiger partial charge on any atom is 0.122 e. The highest BCUT2D eigenvalue weighted by molar-refractivity contribution is 5.86. The van der Waals surface area contributed by atoms with Gasteiger partial charge in [0, 0.05) is 0 Å². The van der Waals surface area contributed by atoms with E-state index in [2.05, 4.69) is 112 Å². The molecular weight excluding hydrogens is 484 g/mol. The third kappa shape index (κ3) is 4.79. The van der Waals surface area contributed by atoms with E-state index in [-0.39, 0.29) is 0 Å². The van der Waals surface area contributed by atoms with E-state index >= 15 is 0 Å². The Morgan fingerprint density at radius 2 is 1.03 bits per heavy atom. The van der Waals surface area contributed by atoms with Gasteiger partial charge in [-0.1, -0.05) is 86.0 Å². The first-order valence-electron chi connectivity index (χ1n) is 13.2. The minimum atomic E-state index is -0.488. The van der Waals surface area contributed by atoms with Crippen LogP contribution in [0.15, 0.2) is 111 Å². The van der Waals surface area contributed by atoms with E-state index in [0.717, 1.165) is 22.6 Å². The van der Waals surface area contributed by atoms with Gasteiger partial charge in [-0.15, -0.1) is 0 Å². The molecule has 4 aromatic carbocycles. The SMILES string of the molecule is C=COCCOc1ccc(C2(c3ccc(OCCOC=C)c(C)c3)c3ccccc3-c3ccccc32)cc1C. The van der Waals surface area contributed by atoms with Gasteiger partial charge in [0.1, 0.15) is 37.9 Å². The second-order valence-electron chi connectivity index (χ2n) is 9.57. The molecule has 1 aliphatic rings. The summed E-state index contributed by atoms with van der Waals surface area (Å²) in [6, 6.07) is 30.5. The van der Waals surface area contributed by atoms with Crippen molar-refractivity contribution >= 4 is 0 Å². The van der Waals surface area contributed by atoms with Crippen molar-refractivity contribution in [1.29, 1.82) is 0 Å². The fourth-order valence-electron chi connectivity index (χ4n) is 5.68. The van der Waals surface area contributed by atoms with Gasteiger partial charge < -0.3 is 18.9 Å². The summed E-state index contributed by atoms with van der Waals surface area (Å²) < 4.78 is 22.5. The zero-order chi connectivity index (χ0) is 27.2. The molecule has 0 saturated carbocycles. The number of benzene rings is 4. The maximum absolute atomic E-state index is 6.02. The molecule has 0 radical (unpaired) electrons. The number of rotatable bonds is 12. The van der Waals surface area contributed by atoms with Crippen LogP contribution in [0.5, 0.6) is 11.5 Å². The Kier molecular flexibility index (Phi) is 7.74. The Labute approximate surface area is 231 Å². The van der Waals surface area contributed by atoms with E-state index in [1.165, 1.54) is 45.9 Å². The second kappa shape index (κ2) is 11.5. The molecule has 0 spiro atoms. The summed E-state index contributed by atoms with van der Waals surface area (Å²) in [6.07, 6.45) is 2.87. The molecule has 0 fully saturated rings. The Morgan fingerprint density at radius 1 is 0.590 bits per heavy atom. The zero-order valence-corrected chi connectivity index (χ0v) is 22.6. The molecule has 198 valence electrons. The van der Waals surface area contributed by atoms with Crippen molar-refractivity contribution in [3.63, 3.8) is 0 Å². The lowest BCUT2D eigenvalue weighted by Gasteiger charge is -2.34. The van der Waals surface area contributed by atoms with Gasteiger partial charge in [-0.05, 0) is 70.5 Å². The van der Waals surface area contributed by atoms with Crippen molar-refractivity contribution in [2.45, 2.75) is 19.3 Å². The summed E-state index contributed by atoms with van der Waals surface area (Å²) in [5, 5.41) is 0. The van der Waals surface area contributed by atoms with Crippen molar-refractivity contribution in [3.05, 3.63) is 144 Å². The summed E-state index contributed by atoms with van der Waals surface area (Å²) in [5.41, 5.74) is 9.10. The fraction of sp³-hybridized carbons (Fsp3) is 0.200. The standard InChI is InChI=1S/C35H34O4/c1-5-36-19-21-38-33-17-15-27(23-25(33)3)35(28-16-18-34(26(4)24-28)39-22-20-37-6-2)31-13-9-7-11-29(31)30-12-8-10-14-32(30)35/h5-18,23-24H,1-2,19-22H2,3-4H3. The lowest BCUT2D eigenvalue weighted by Crippen LogP contribution is -2.29. The molecule has 4 heteroatoms. The first-order chi connectivity index (χ1) is 19.1. The highest BCUT2D eigenvalue weighted by Gasteiger charge is 2.46. The number of fused-ring (bicyclic) bond motifs is 3. The summed E-state index contributed by atoms with van der Waals surface area (Å²) in [4.78, 5) is 0. The minimum Gasteiger partial charge on any atom is -0.498 e. The van der Waals surface area contributed by atoms with Crippen LogP contribution in [-0.2, 0) is 14.9 Å². The van der Waals surface area contributed by atoms with E-state index in [9.17, 15) is 0 Å². The van der Waals surface area contributed by atoms with Crippen LogP contribution in [0.25, 0.3) is 11.1 Å². The van der Waals surface area contributed by atoms with Gasteiger partial charge in [0.15, 0.2) is 0 Å². The highest BCUT2D eigenvalue weighted by atomic mass is 16.5. The summed E-state index contributed by atoms with van der Waals surface area (Å²) in [7, 11) is 0. The smallest absolute Gasteiger partial charge is 0.122 e.